The number of nitrogens with zero attached hydrogens (tertiary/aromatic N) is 5. The Hall–Kier alpha value is -3.66. The molecule has 0 spiro atoms. The molecule has 0 bridgehead atoms. The van der Waals surface area contributed by atoms with Crippen molar-refractivity contribution in [3.8, 4) is 16.9 Å². The standard InChI is InChI=1S/C25H24ClF3N6O/c1-5-6-16-9-18(11-20(23(16)26)25(27,28)29)31-24(36)17-8-7-14(2)22(10-17)35-13-21(32-33-35)19-12-30-34(4)15(19)3/h7-13H,5-6H2,1-4H3,(H,31,36). The minimum atomic E-state index is -4.64. The number of alkyl halides is 3. The molecular formula is C25H24ClF3N6O. The molecule has 1 N–H and O–H groups in total. The third kappa shape index (κ3) is 4.99. The molecular weight excluding hydrogens is 493 g/mol. The van der Waals surface area contributed by atoms with Gasteiger partial charge in [-0.15, -0.1) is 5.10 Å². The molecule has 188 valence electrons. The van der Waals surface area contributed by atoms with E-state index in [4.69, 9.17) is 11.6 Å². The van der Waals surface area contributed by atoms with Crippen LogP contribution in [0.5, 0.6) is 0 Å². The van der Waals surface area contributed by atoms with E-state index in [1.54, 1.807) is 40.0 Å². The van der Waals surface area contributed by atoms with Crippen LogP contribution in [-0.4, -0.2) is 30.7 Å². The number of rotatable bonds is 6. The monoisotopic (exact) mass is 516 g/mol. The zero-order chi connectivity index (χ0) is 26.2. The number of halogens is 4. The highest BCUT2D eigenvalue weighted by Gasteiger charge is 2.34. The Balaban J connectivity index is 1.65. The van der Waals surface area contributed by atoms with Gasteiger partial charge in [0.05, 0.1) is 28.7 Å². The van der Waals surface area contributed by atoms with Crippen molar-refractivity contribution in [2.45, 2.75) is 39.8 Å². The zero-order valence-electron chi connectivity index (χ0n) is 20.1. The Morgan fingerprint density at radius 2 is 1.92 bits per heavy atom. The number of aryl methyl sites for hydroxylation is 3. The van der Waals surface area contributed by atoms with Crippen molar-refractivity contribution in [3.05, 3.63) is 75.7 Å². The largest absolute Gasteiger partial charge is 0.417 e. The van der Waals surface area contributed by atoms with Crippen LogP contribution < -0.4 is 5.32 Å². The number of hydrogen-bond acceptors (Lipinski definition) is 4. The van der Waals surface area contributed by atoms with Gasteiger partial charge in [0.2, 0.25) is 0 Å². The summed E-state index contributed by atoms with van der Waals surface area (Å²) in [5.41, 5.74) is 3.47. The van der Waals surface area contributed by atoms with Crippen molar-refractivity contribution in [2.75, 3.05) is 5.32 Å². The summed E-state index contributed by atoms with van der Waals surface area (Å²) >= 11 is 6.01. The summed E-state index contributed by atoms with van der Waals surface area (Å²) in [6.07, 6.45) is -0.247. The molecule has 2 aromatic carbocycles. The van der Waals surface area contributed by atoms with Gasteiger partial charge in [-0.25, -0.2) is 4.68 Å². The fraction of sp³-hybridized carbons (Fsp3) is 0.280. The van der Waals surface area contributed by atoms with E-state index in [9.17, 15) is 18.0 Å². The Morgan fingerprint density at radius 1 is 1.17 bits per heavy atom. The van der Waals surface area contributed by atoms with Gasteiger partial charge >= 0.3 is 6.18 Å². The summed E-state index contributed by atoms with van der Waals surface area (Å²) in [6.45, 7) is 5.62. The maximum absolute atomic E-state index is 13.5. The van der Waals surface area contributed by atoms with E-state index in [2.05, 4.69) is 20.7 Å². The predicted molar refractivity (Wildman–Crippen MR) is 131 cm³/mol. The smallest absolute Gasteiger partial charge is 0.322 e. The lowest BCUT2D eigenvalue weighted by Crippen LogP contribution is -2.15. The van der Waals surface area contributed by atoms with Gasteiger partial charge in [-0.2, -0.15) is 18.3 Å². The quantitative estimate of drug-likeness (QED) is 0.333. The van der Waals surface area contributed by atoms with Crippen molar-refractivity contribution in [2.24, 2.45) is 7.05 Å². The molecule has 0 fully saturated rings. The van der Waals surface area contributed by atoms with E-state index >= 15 is 0 Å². The minimum absolute atomic E-state index is 0.0254. The van der Waals surface area contributed by atoms with Crippen LogP contribution in [0.15, 0.2) is 42.7 Å². The number of aromatic nitrogens is 5. The van der Waals surface area contributed by atoms with Crippen molar-refractivity contribution >= 4 is 23.2 Å². The number of anilines is 1. The first-order valence-electron chi connectivity index (χ1n) is 11.2. The fourth-order valence-electron chi connectivity index (χ4n) is 3.87. The van der Waals surface area contributed by atoms with Gasteiger partial charge in [0.1, 0.15) is 5.69 Å². The summed E-state index contributed by atoms with van der Waals surface area (Å²) < 4.78 is 43.9. The van der Waals surface area contributed by atoms with Crippen molar-refractivity contribution in [1.82, 2.24) is 24.8 Å². The lowest BCUT2D eigenvalue weighted by molar-refractivity contribution is -0.137. The second-order valence-corrected chi connectivity index (χ2v) is 8.89. The molecule has 2 aromatic heterocycles. The molecule has 0 radical (unpaired) electrons. The first kappa shape index (κ1) is 25.4. The van der Waals surface area contributed by atoms with E-state index in [0.717, 1.165) is 22.9 Å². The highest BCUT2D eigenvalue weighted by atomic mass is 35.5. The Kier molecular flexibility index (Phi) is 6.90. The fourth-order valence-corrected chi connectivity index (χ4v) is 4.18. The lowest BCUT2D eigenvalue weighted by atomic mass is 10.0. The van der Waals surface area contributed by atoms with Crippen LogP contribution in [0.2, 0.25) is 5.02 Å². The highest BCUT2D eigenvalue weighted by Crippen LogP contribution is 2.39. The van der Waals surface area contributed by atoms with Crippen molar-refractivity contribution in [3.63, 3.8) is 0 Å². The van der Waals surface area contributed by atoms with Crippen LogP contribution in [0.4, 0.5) is 18.9 Å². The number of hydrogen-bond donors (Lipinski definition) is 1. The second kappa shape index (κ2) is 9.77. The average Bonchev–Trinajstić information content (AvgIpc) is 3.42. The first-order valence-corrected chi connectivity index (χ1v) is 11.6. The second-order valence-electron chi connectivity index (χ2n) is 8.52. The van der Waals surface area contributed by atoms with Crippen LogP contribution in [0, 0.1) is 13.8 Å². The highest BCUT2D eigenvalue weighted by molar-refractivity contribution is 6.32. The van der Waals surface area contributed by atoms with Crippen molar-refractivity contribution < 1.29 is 18.0 Å². The van der Waals surface area contributed by atoms with Crippen LogP contribution in [0.3, 0.4) is 0 Å². The van der Waals surface area contributed by atoms with Crippen LogP contribution in [0.1, 0.15) is 46.1 Å². The van der Waals surface area contributed by atoms with E-state index in [-0.39, 0.29) is 16.3 Å². The molecule has 0 atom stereocenters. The van der Waals surface area contributed by atoms with Crippen molar-refractivity contribution in [1.29, 1.82) is 0 Å². The van der Waals surface area contributed by atoms with Gasteiger partial charge in [0.25, 0.3) is 5.91 Å². The summed E-state index contributed by atoms with van der Waals surface area (Å²) in [6, 6.07) is 7.30. The SMILES string of the molecule is CCCc1cc(NC(=O)c2ccc(C)c(-n3cc(-c4cnn(C)c4C)nn3)c2)cc(C(F)(F)F)c1Cl. The Labute approximate surface area is 210 Å². The number of benzene rings is 2. The minimum Gasteiger partial charge on any atom is -0.322 e. The summed E-state index contributed by atoms with van der Waals surface area (Å²) in [5, 5.41) is 14.9. The molecule has 0 saturated carbocycles. The van der Waals surface area contributed by atoms with Gasteiger partial charge in [0, 0.05) is 29.6 Å². The van der Waals surface area contributed by atoms with E-state index in [1.165, 1.54) is 6.07 Å². The number of carbonyl (C=O) groups excluding carboxylic acids is 1. The molecule has 7 nitrogen and oxygen atoms in total. The van der Waals surface area contributed by atoms with Crippen LogP contribution in [-0.2, 0) is 19.6 Å². The van der Waals surface area contributed by atoms with Crippen LogP contribution >= 0.6 is 11.6 Å². The normalized spacial score (nSPS) is 11.7. The summed E-state index contributed by atoms with van der Waals surface area (Å²) in [5.74, 6) is -0.558. The molecule has 11 heteroatoms. The molecule has 1 amide bonds. The van der Waals surface area contributed by atoms with Gasteiger partial charge in [0.15, 0.2) is 0 Å². The summed E-state index contributed by atoms with van der Waals surface area (Å²) in [4.78, 5) is 13.0. The maximum atomic E-state index is 13.5. The molecule has 2 heterocycles. The zero-order valence-corrected chi connectivity index (χ0v) is 20.9. The molecule has 0 saturated heterocycles. The Morgan fingerprint density at radius 3 is 2.56 bits per heavy atom. The third-order valence-corrected chi connectivity index (χ3v) is 6.40. The third-order valence-electron chi connectivity index (χ3n) is 5.95. The first-order chi connectivity index (χ1) is 17.0. The molecule has 0 aliphatic carbocycles. The molecule has 0 aliphatic rings. The van der Waals surface area contributed by atoms with E-state index < -0.39 is 17.6 Å². The molecule has 0 unspecified atom stereocenters. The number of carbonyl (C=O) groups is 1. The van der Waals surface area contributed by atoms with Crippen LogP contribution in [0.25, 0.3) is 16.9 Å². The van der Waals surface area contributed by atoms with Gasteiger partial charge < -0.3 is 5.32 Å². The maximum Gasteiger partial charge on any atom is 0.417 e. The predicted octanol–water partition coefficient (Wildman–Crippen LogP) is 6.16. The van der Waals surface area contributed by atoms with E-state index in [0.29, 0.717) is 29.8 Å². The molecule has 0 aliphatic heterocycles. The van der Waals surface area contributed by atoms with Gasteiger partial charge in [-0.1, -0.05) is 36.2 Å². The lowest BCUT2D eigenvalue weighted by Gasteiger charge is -2.16. The molecule has 36 heavy (non-hydrogen) atoms. The summed E-state index contributed by atoms with van der Waals surface area (Å²) in [7, 11) is 1.83. The molecule has 4 aromatic rings. The van der Waals surface area contributed by atoms with E-state index in [1.807, 2.05) is 27.8 Å². The van der Waals surface area contributed by atoms with Gasteiger partial charge in [-0.3, -0.25) is 9.48 Å². The van der Waals surface area contributed by atoms with Gasteiger partial charge in [-0.05, 0) is 55.7 Å². The topological polar surface area (TPSA) is 77.6 Å². The number of nitrogens with one attached hydrogen (secondary N) is 1. The average molecular weight is 517 g/mol. The molecule has 4 rings (SSSR count). The number of amides is 1. The Bertz CT molecular complexity index is 1440.